The van der Waals surface area contributed by atoms with Gasteiger partial charge in [0.1, 0.15) is 0 Å². The number of carbonyl (C=O) groups is 1. The Morgan fingerprint density at radius 1 is 1.10 bits per heavy atom. The van der Waals surface area contributed by atoms with Crippen LogP contribution in [0.25, 0.3) is 0 Å². The number of rotatable bonds is 7. The quantitative estimate of drug-likeness (QED) is 0.744. The molecule has 166 valence electrons. The molecule has 5 nitrogen and oxygen atoms in total. The smallest absolute Gasteiger partial charge is 0.224 e. The third-order valence-electron chi connectivity index (χ3n) is 6.51. The highest BCUT2D eigenvalue weighted by Gasteiger charge is 2.28. The lowest BCUT2D eigenvalue weighted by Crippen LogP contribution is -2.47. The Kier molecular flexibility index (Phi) is 7.73. The molecule has 2 atom stereocenters. The van der Waals surface area contributed by atoms with Crippen molar-refractivity contribution in [1.82, 2.24) is 15.1 Å². The van der Waals surface area contributed by atoms with Crippen LogP contribution in [0.2, 0.25) is 0 Å². The maximum atomic E-state index is 13.1. The summed E-state index contributed by atoms with van der Waals surface area (Å²) in [5.41, 5.74) is 3.85. The fourth-order valence-electron chi connectivity index (χ4n) is 4.82. The topological polar surface area (TPSA) is 44.8 Å². The van der Waals surface area contributed by atoms with Crippen LogP contribution in [-0.2, 0) is 16.1 Å². The number of hydrogen-bond donors (Lipinski definition) is 1. The van der Waals surface area contributed by atoms with Gasteiger partial charge in [0.2, 0.25) is 5.91 Å². The number of amides is 1. The van der Waals surface area contributed by atoms with E-state index in [0.29, 0.717) is 6.54 Å². The summed E-state index contributed by atoms with van der Waals surface area (Å²) in [7, 11) is 0. The van der Waals surface area contributed by atoms with E-state index in [1.54, 1.807) is 0 Å². The number of hydrogen-bond acceptors (Lipinski definition) is 4. The molecule has 2 aliphatic heterocycles. The summed E-state index contributed by atoms with van der Waals surface area (Å²) in [5, 5.41) is 3.30. The maximum Gasteiger partial charge on any atom is 0.224 e. The number of nitrogens with zero attached hydrogens (tertiary/aromatic N) is 2. The third kappa shape index (κ3) is 6.16. The zero-order valence-corrected chi connectivity index (χ0v) is 18.6. The van der Waals surface area contributed by atoms with E-state index in [4.69, 9.17) is 4.74 Å². The average molecular weight is 422 g/mol. The molecule has 1 amide bonds. The number of morpholine rings is 1. The number of piperidine rings is 1. The van der Waals surface area contributed by atoms with E-state index in [2.05, 4.69) is 76.6 Å². The number of benzene rings is 2. The minimum Gasteiger partial charge on any atom is -0.379 e. The predicted molar refractivity (Wildman–Crippen MR) is 124 cm³/mol. The van der Waals surface area contributed by atoms with Crippen LogP contribution >= 0.6 is 0 Å². The maximum absolute atomic E-state index is 13.1. The van der Waals surface area contributed by atoms with E-state index < -0.39 is 0 Å². The third-order valence-corrected chi connectivity index (χ3v) is 6.51. The van der Waals surface area contributed by atoms with Gasteiger partial charge in [0, 0.05) is 32.7 Å². The van der Waals surface area contributed by atoms with Gasteiger partial charge < -0.3 is 10.1 Å². The molecule has 2 aliphatic rings. The monoisotopic (exact) mass is 421 g/mol. The van der Waals surface area contributed by atoms with Gasteiger partial charge in [-0.2, -0.15) is 0 Å². The van der Waals surface area contributed by atoms with Crippen molar-refractivity contribution in [2.75, 3.05) is 45.9 Å². The largest absolute Gasteiger partial charge is 0.379 e. The van der Waals surface area contributed by atoms with E-state index in [0.717, 1.165) is 58.8 Å². The lowest BCUT2D eigenvalue weighted by Gasteiger charge is -2.36. The van der Waals surface area contributed by atoms with Crippen molar-refractivity contribution < 1.29 is 9.53 Å². The zero-order chi connectivity index (χ0) is 21.5. The van der Waals surface area contributed by atoms with Gasteiger partial charge in [-0.1, -0.05) is 60.2 Å². The molecule has 2 aromatic carbocycles. The first-order valence-corrected chi connectivity index (χ1v) is 11.6. The molecule has 0 bridgehead atoms. The Morgan fingerprint density at radius 2 is 1.90 bits per heavy atom. The first kappa shape index (κ1) is 22.0. The molecule has 4 rings (SSSR count). The highest BCUT2D eigenvalue weighted by molar-refractivity contribution is 5.79. The number of likely N-dealkylation sites (tertiary alicyclic amines) is 1. The lowest BCUT2D eigenvalue weighted by atomic mass is 9.96. The van der Waals surface area contributed by atoms with Crippen LogP contribution in [0.5, 0.6) is 0 Å². The second-order valence-electron chi connectivity index (χ2n) is 8.88. The predicted octanol–water partition coefficient (Wildman–Crippen LogP) is 3.40. The van der Waals surface area contributed by atoms with Crippen LogP contribution in [0.3, 0.4) is 0 Å². The lowest BCUT2D eigenvalue weighted by molar-refractivity contribution is -0.127. The second kappa shape index (κ2) is 10.9. The van der Waals surface area contributed by atoms with Crippen molar-refractivity contribution in [2.24, 2.45) is 5.92 Å². The van der Waals surface area contributed by atoms with Gasteiger partial charge in [-0.05, 0) is 37.4 Å². The Labute approximate surface area is 186 Å². The van der Waals surface area contributed by atoms with E-state index in [1.807, 2.05) is 0 Å². The van der Waals surface area contributed by atoms with E-state index >= 15 is 0 Å². The minimum absolute atomic E-state index is 0.0697. The highest BCUT2D eigenvalue weighted by Crippen LogP contribution is 2.23. The minimum atomic E-state index is 0.0697. The van der Waals surface area contributed by atoms with E-state index in [9.17, 15) is 4.79 Å². The summed E-state index contributed by atoms with van der Waals surface area (Å²) in [4.78, 5) is 18.0. The number of carbonyl (C=O) groups excluding carboxylic acids is 1. The Bertz CT molecular complexity index is 836. The molecule has 0 saturated carbocycles. The van der Waals surface area contributed by atoms with E-state index in [-0.39, 0.29) is 17.9 Å². The van der Waals surface area contributed by atoms with Crippen molar-refractivity contribution in [3.63, 3.8) is 0 Å². The Hall–Kier alpha value is -2.21. The van der Waals surface area contributed by atoms with Crippen molar-refractivity contribution in [1.29, 1.82) is 0 Å². The fraction of sp³-hybridized carbons (Fsp3) is 0.500. The molecular formula is C26H35N3O2. The molecule has 5 heteroatoms. The van der Waals surface area contributed by atoms with Crippen molar-refractivity contribution in [3.8, 4) is 0 Å². The molecule has 2 aromatic rings. The van der Waals surface area contributed by atoms with Gasteiger partial charge in [-0.15, -0.1) is 0 Å². The SMILES string of the molecule is Cc1cccc(C(CNC(=O)C2CCCN(Cc3ccccc3)C2)N2CCOCC2)c1. The van der Waals surface area contributed by atoms with Crippen molar-refractivity contribution in [3.05, 3.63) is 71.3 Å². The van der Waals surface area contributed by atoms with Gasteiger partial charge >= 0.3 is 0 Å². The van der Waals surface area contributed by atoms with Crippen LogP contribution in [-0.4, -0.2) is 61.6 Å². The molecule has 2 saturated heterocycles. The molecule has 0 aliphatic carbocycles. The molecule has 31 heavy (non-hydrogen) atoms. The van der Waals surface area contributed by atoms with Crippen LogP contribution < -0.4 is 5.32 Å². The van der Waals surface area contributed by atoms with Crippen molar-refractivity contribution in [2.45, 2.75) is 32.4 Å². The number of nitrogens with one attached hydrogen (secondary N) is 1. The molecule has 0 radical (unpaired) electrons. The van der Waals surface area contributed by atoms with Gasteiger partial charge in [0.05, 0.1) is 25.2 Å². The summed E-state index contributed by atoms with van der Waals surface area (Å²) in [6, 6.07) is 19.4. The molecule has 2 fully saturated rings. The van der Waals surface area contributed by atoms with Crippen LogP contribution in [0.4, 0.5) is 0 Å². The number of aryl methyl sites for hydroxylation is 1. The van der Waals surface area contributed by atoms with Crippen LogP contribution in [0.1, 0.15) is 35.6 Å². The molecule has 1 N–H and O–H groups in total. The standard InChI is InChI=1S/C26H35N3O2/c1-21-7-5-10-23(17-21)25(29-13-15-31-16-14-29)18-27-26(30)24-11-6-12-28(20-24)19-22-8-3-2-4-9-22/h2-5,7-10,17,24-25H,6,11-16,18-20H2,1H3,(H,27,30). The summed E-state index contributed by atoms with van der Waals surface area (Å²) < 4.78 is 5.56. The van der Waals surface area contributed by atoms with Gasteiger partial charge in [-0.25, -0.2) is 0 Å². The highest BCUT2D eigenvalue weighted by atomic mass is 16.5. The zero-order valence-electron chi connectivity index (χ0n) is 18.6. The molecule has 2 unspecified atom stereocenters. The van der Waals surface area contributed by atoms with Gasteiger partial charge in [0.25, 0.3) is 0 Å². The van der Waals surface area contributed by atoms with Gasteiger partial charge in [0.15, 0.2) is 0 Å². The average Bonchev–Trinajstić information content (AvgIpc) is 2.81. The second-order valence-corrected chi connectivity index (χ2v) is 8.88. The molecule has 0 spiro atoms. The van der Waals surface area contributed by atoms with Gasteiger partial charge in [-0.3, -0.25) is 14.6 Å². The summed E-state index contributed by atoms with van der Waals surface area (Å²) in [6.45, 7) is 8.93. The fourth-order valence-corrected chi connectivity index (χ4v) is 4.82. The normalized spacial score (nSPS) is 21.5. The van der Waals surface area contributed by atoms with E-state index in [1.165, 1.54) is 16.7 Å². The first-order valence-electron chi connectivity index (χ1n) is 11.6. The number of ether oxygens (including phenoxy) is 1. The Morgan fingerprint density at radius 3 is 2.68 bits per heavy atom. The van der Waals surface area contributed by atoms with Crippen LogP contribution in [0, 0.1) is 12.8 Å². The summed E-state index contributed by atoms with van der Waals surface area (Å²) >= 11 is 0. The summed E-state index contributed by atoms with van der Waals surface area (Å²) in [5.74, 6) is 0.268. The summed E-state index contributed by atoms with van der Waals surface area (Å²) in [6.07, 6.45) is 2.06. The molecule has 2 heterocycles. The molecular weight excluding hydrogens is 386 g/mol. The van der Waals surface area contributed by atoms with Crippen molar-refractivity contribution >= 4 is 5.91 Å². The van der Waals surface area contributed by atoms with Crippen LogP contribution in [0.15, 0.2) is 54.6 Å². The first-order chi connectivity index (χ1) is 15.2. The molecule has 0 aromatic heterocycles. The Balaban J connectivity index is 1.36.